The predicted octanol–water partition coefficient (Wildman–Crippen LogP) is 3.74. The molecule has 158 valence electrons. The highest BCUT2D eigenvalue weighted by atomic mass is 16.5. The van der Waals surface area contributed by atoms with Crippen LogP contribution in [0.2, 0.25) is 0 Å². The molecular weight excluding hydrogens is 364 g/mol. The molecular formula is C23H34N4O2. The first-order valence-corrected chi connectivity index (χ1v) is 10.6. The average molecular weight is 399 g/mol. The van der Waals surface area contributed by atoms with Crippen LogP contribution < -0.4 is 10.1 Å². The maximum absolute atomic E-state index is 12.6. The summed E-state index contributed by atoms with van der Waals surface area (Å²) < 4.78 is 7.27. The Balaban J connectivity index is 1.80. The van der Waals surface area contributed by atoms with Crippen molar-refractivity contribution in [2.45, 2.75) is 53.0 Å². The van der Waals surface area contributed by atoms with Gasteiger partial charge in [-0.05, 0) is 55.6 Å². The van der Waals surface area contributed by atoms with Gasteiger partial charge in [-0.1, -0.05) is 27.7 Å². The zero-order valence-corrected chi connectivity index (χ0v) is 18.4. The summed E-state index contributed by atoms with van der Waals surface area (Å²) in [5.74, 6) is 0.941. The van der Waals surface area contributed by atoms with Gasteiger partial charge in [-0.25, -0.2) is 4.68 Å². The van der Waals surface area contributed by atoms with Crippen LogP contribution in [-0.2, 0) is 11.2 Å². The van der Waals surface area contributed by atoms with Crippen LogP contribution in [0, 0.1) is 5.41 Å². The Hall–Kier alpha value is -2.34. The van der Waals surface area contributed by atoms with Gasteiger partial charge in [0.25, 0.3) is 0 Å². The number of amides is 1. The Morgan fingerprint density at radius 1 is 1.28 bits per heavy atom. The predicted molar refractivity (Wildman–Crippen MR) is 116 cm³/mol. The summed E-state index contributed by atoms with van der Waals surface area (Å²) in [5, 5.41) is 7.94. The third-order valence-corrected chi connectivity index (χ3v) is 5.88. The van der Waals surface area contributed by atoms with Crippen molar-refractivity contribution in [3.05, 3.63) is 41.7 Å². The van der Waals surface area contributed by atoms with Crippen molar-refractivity contribution in [3.63, 3.8) is 0 Å². The lowest BCUT2D eigenvalue weighted by Crippen LogP contribution is -2.38. The van der Waals surface area contributed by atoms with Crippen molar-refractivity contribution >= 4 is 5.91 Å². The van der Waals surface area contributed by atoms with E-state index >= 15 is 0 Å². The van der Waals surface area contributed by atoms with E-state index in [0.717, 1.165) is 49.5 Å². The molecule has 0 fully saturated rings. The van der Waals surface area contributed by atoms with Crippen LogP contribution in [0.1, 0.15) is 57.8 Å². The number of nitrogens with zero attached hydrogens (tertiary/aromatic N) is 3. The topological polar surface area (TPSA) is 59.4 Å². The standard InChI is InChI=1S/C23H34N4O2/c1-6-26(7-2)13-12-22(28)25-20-14-23(3,4)15-21-19(20)16-24-27(21)17-8-10-18(29-5)11-9-17/h8-11,16,20H,6-7,12-15H2,1-5H3,(H,25,28)/t20-/m1/s1. The summed E-state index contributed by atoms with van der Waals surface area (Å²) in [7, 11) is 1.67. The van der Waals surface area contributed by atoms with Crippen LogP contribution in [0.3, 0.4) is 0 Å². The molecule has 3 rings (SSSR count). The highest BCUT2D eigenvalue weighted by Gasteiger charge is 2.36. The summed E-state index contributed by atoms with van der Waals surface area (Å²) in [5.41, 5.74) is 3.42. The monoisotopic (exact) mass is 398 g/mol. The van der Waals surface area contributed by atoms with Crippen molar-refractivity contribution in [2.24, 2.45) is 5.41 Å². The number of hydrogen-bond donors (Lipinski definition) is 1. The first kappa shape index (κ1) is 21.4. The van der Waals surface area contributed by atoms with Crippen LogP contribution in [0.4, 0.5) is 0 Å². The van der Waals surface area contributed by atoms with Gasteiger partial charge in [0.15, 0.2) is 0 Å². The molecule has 0 saturated heterocycles. The summed E-state index contributed by atoms with van der Waals surface area (Å²) in [6, 6.07) is 7.94. The summed E-state index contributed by atoms with van der Waals surface area (Å²) >= 11 is 0. The van der Waals surface area contributed by atoms with E-state index in [4.69, 9.17) is 4.74 Å². The molecule has 1 heterocycles. The lowest BCUT2D eigenvalue weighted by molar-refractivity contribution is -0.122. The fourth-order valence-electron chi connectivity index (χ4n) is 4.18. The average Bonchev–Trinajstić information content (AvgIpc) is 3.11. The fourth-order valence-corrected chi connectivity index (χ4v) is 4.18. The minimum Gasteiger partial charge on any atom is -0.497 e. The van der Waals surface area contributed by atoms with E-state index in [2.05, 4.69) is 43.0 Å². The number of aromatic nitrogens is 2. The summed E-state index contributed by atoms with van der Waals surface area (Å²) in [6.07, 6.45) is 4.30. The molecule has 6 nitrogen and oxygen atoms in total. The molecule has 0 spiro atoms. The molecule has 29 heavy (non-hydrogen) atoms. The molecule has 1 aromatic heterocycles. The van der Waals surface area contributed by atoms with E-state index in [1.165, 1.54) is 5.69 Å². The number of ether oxygens (including phenoxy) is 1. The van der Waals surface area contributed by atoms with Gasteiger partial charge < -0.3 is 15.0 Å². The molecule has 0 aliphatic heterocycles. The van der Waals surface area contributed by atoms with Crippen LogP contribution in [0.15, 0.2) is 30.5 Å². The van der Waals surface area contributed by atoms with Gasteiger partial charge in [-0.2, -0.15) is 5.10 Å². The van der Waals surface area contributed by atoms with E-state index in [9.17, 15) is 4.79 Å². The zero-order valence-electron chi connectivity index (χ0n) is 18.4. The zero-order chi connectivity index (χ0) is 21.0. The third kappa shape index (κ3) is 4.99. The quantitative estimate of drug-likeness (QED) is 0.736. The minimum atomic E-state index is 0.00458. The maximum atomic E-state index is 12.6. The first-order chi connectivity index (χ1) is 13.9. The van der Waals surface area contributed by atoms with E-state index in [-0.39, 0.29) is 17.4 Å². The molecule has 1 aromatic carbocycles. The highest BCUT2D eigenvalue weighted by Crippen LogP contribution is 2.41. The number of carbonyl (C=O) groups excluding carboxylic acids is 1. The van der Waals surface area contributed by atoms with Gasteiger partial charge in [-0.3, -0.25) is 4.79 Å². The molecule has 1 aliphatic rings. The van der Waals surface area contributed by atoms with Crippen molar-refractivity contribution < 1.29 is 9.53 Å². The molecule has 1 N–H and O–H groups in total. The number of nitrogens with one attached hydrogen (secondary N) is 1. The molecule has 6 heteroatoms. The van der Waals surface area contributed by atoms with E-state index < -0.39 is 0 Å². The number of methoxy groups -OCH3 is 1. The second kappa shape index (κ2) is 8.99. The molecule has 1 atom stereocenters. The SMILES string of the molecule is CCN(CC)CCC(=O)N[C@@H]1CC(C)(C)Cc2c1cnn2-c1ccc(OC)cc1. The molecule has 1 aliphatic carbocycles. The van der Waals surface area contributed by atoms with Gasteiger partial charge in [0.2, 0.25) is 5.91 Å². The molecule has 2 aromatic rings. The van der Waals surface area contributed by atoms with Crippen LogP contribution in [-0.4, -0.2) is 47.3 Å². The molecule has 0 saturated carbocycles. The summed E-state index contributed by atoms with van der Waals surface area (Å²) in [6.45, 7) is 11.5. The lowest BCUT2D eigenvalue weighted by atomic mass is 9.74. The number of fused-ring (bicyclic) bond motifs is 1. The van der Waals surface area contributed by atoms with E-state index in [1.54, 1.807) is 7.11 Å². The van der Waals surface area contributed by atoms with E-state index in [0.29, 0.717) is 6.42 Å². The number of carbonyl (C=O) groups is 1. The van der Waals surface area contributed by atoms with Gasteiger partial charge >= 0.3 is 0 Å². The molecule has 0 bridgehead atoms. The fraction of sp³-hybridized carbons (Fsp3) is 0.565. The van der Waals surface area contributed by atoms with Gasteiger partial charge in [-0.15, -0.1) is 0 Å². The highest BCUT2D eigenvalue weighted by molar-refractivity contribution is 5.76. The van der Waals surface area contributed by atoms with Crippen LogP contribution in [0.5, 0.6) is 5.75 Å². The smallest absolute Gasteiger partial charge is 0.221 e. The minimum absolute atomic E-state index is 0.00458. The Morgan fingerprint density at radius 3 is 2.59 bits per heavy atom. The Kier molecular flexibility index (Phi) is 6.63. The van der Waals surface area contributed by atoms with Gasteiger partial charge in [0, 0.05) is 18.5 Å². The Labute approximate surface area is 174 Å². The van der Waals surface area contributed by atoms with Crippen molar-refractivity contribution in [3.8, 4) is 11.4 Å². The first-order valence-electron chi connectivity index (χ1n) is 10.6. The second-order valence-electron chi connectivity index (χ2n) is 8.60. The van der Waals surface area contributed by atoms with Gasteiger partial charge in [0.05, 0.1) is 30.7 Å². The van der Waals surface area contributed by atoms with Crippen molar-refractivity contribution in [1.82, 2.24) is 20.0 Å². The lowest BCUT2D eigenvalue weighted by Gasteiger charge is -2.36. The second-order valence-corrected chi connectivity index (χ2v) is 8.60. The molecule has 0 radical (unpaired) electrons. The largest absolute Gasteiger partial charge is 0.497 e. The maximum Gasteiger partial charge on any atom is 0.221 e. The Morgan fingerprint density at radius 2 is 1.97 bits per heavy atom. The normalized spacial score (nSPS) is 17.8. The number of benzene rings is 1. The van der Waals surface area contributed by atoms with E-state index in [1.807, 2.05) is 35.1 Å². The van der Waals surface area contributed by atoms with Crippen molar-refractivity contribution in [2.75, 3.05) is 26.7 Å². The molecule has 1 amide bonds. The van der Waals surface area contributed by atoms with Gasteiger partial charge in [0.1, 0.15) is 5.75 Å². The molecule has 0 unspecified atom stereocenters. The third-order valence-electron chi connectivity index (χ3n) is 5.88. The Bertz CT molecular complexity index is 822. The number of hydrogen-bond acceptors (Lipinski definition) is 4. The number of rotatable bonds is 8. The van der Waals surface area contributed by atoms with Crippen molar-refractivity contribution in [1.29, 1.82) is 0 Å². The van der Waals surface area contributed by atoms with Crippen LogP contribution >= 0.6 is 0 Å². The summed E-state index contributed by atoms with van der Waals surface area (Å²) in [4.78, 5) is 14.9. The van der Waals surface area contributed by atoms with Crippen LogP contribution in [0.25, 0.3) is 5.69 Å².